The van der Waals surface area contributed by atoms with Crippen LogP contribution < -0.4 is 10.1 Å². The van der Waals surface area contributed by atoms with E-state index in [1.54, 1.807) is 6.07 Å². The molecule has 2 aromatic carbocycles. The molecule has 0 unspecified atom stereocenters. The van der Waals surface area contributed by atoms with Crippen molar-refractivity contribution in [2.45, 2.75) is 39.7 Å². The van der Waals surface area contributed by atoms with Crippen molar-refractivity contribution in [2.24, 2.45) is 5.92 Å². The summed E-state index contributed by atoms with van der Waals surface area (Å²) in [6.07, 6.45) is 1.67. The van der Waals surface area contributed by atoms with Gasteiger partial charge in [0.15, 0.2) is 0 Å². The molecule has 2 bridgehead atoms. The lowest BCUT2D eigenvalue weighted by Gasteiger charge is -2.24. The van der Waals surface area contributed by atoms with E-state index in [1.807, 2.05) is 12.1 Å². The summed E-state index contributed by atoms with van der Waals surface area (Å²) < 4.78 is 11.8. The molecule has 2 aromatic rings. The molecular weight excluding hydrogens is 432 g/mol. The summed E-state index contributed by atoms with van der Waals surface area (Å²) in [6.45, 7) is 8.97. The molecule has 0 radical (unpaired) electrons. The van der Waals surface area contributed by atoms with Crippen LogP contribution in [-0.2, 0) is 22.5 Å². The maximum atomic E-state index is 12.5. The van der Waals surface area contributed by atoms with Crippen LogP contribution in [0, 0.1) is 5.92 Å². The number of amides is 1. The predicted octanol–water partition coefficient (Wildman–Crippen LogP) is 3.74. The minimum atomic E-state index is -0.942. The minimum absolute atomic E-state index is 0.0917. The lowest BCUT2D eigenvalue weighted by Crippen LogP contribution is -2.29. The minimum Gasteiger partial charge on any atom is -0.491 e. The first kappa shape index (κ1) is 25.7. The molecule has 1 aliphatic heterocycles. The summed E-state index contributed by atoms with van der Waals surface area (Å²) in [7, 11) is 0. The van der Waals surface area contributed by atoms with Gasteiger partial charge in [0.25, 0.3) is 5.91 Å². The summed E-state index contributed by atoms with van der Waals surface area (Å²) in [5.74, 6) is 0.150. The van der Waals surface area contributed by atoms with Gasteiger partial charge in [0.1, 0.15) is 12.4 Å². The number of carboxylic acids is 1. The number of hydrogen-bond donors (Lipinski definition) is 2. The van der Waals surface area contributed by atoms with E-state index in [9.17, 15) is 9.59 Å². The fraction of sp³-hybridized carbons (Fsp3) is 0.481. The highest BCUT2D eigenvalue weighted by molar-refractivity contribution is 5.94. The van der Waals surface area contributed by atoms with E-state index in [-0.39, 0.29) is 18.9 Å². The molecule has 0 atom stereocenters. The number of aliphatic carboxylic acids is 1. The Morgan fingerprint density at radius 2 is 1.91 bits per heavy atom. The SMILES string of the molecule is CC(C)CCN1CCOCCOc2ccc(C(=O)NCCC(=O)O)cc2Cc2cccc(c2)C1. The second-order valence-electron chi connectivity index (χ2n) is 9.14. The highest BCUT2D eigenvalue weighted by Gasteiger charge is 2.14. The monoisotopic (exact) mass is 468 g/mol. The first-order chi connectivity index (χ1) is 16.4. The number of nitrogens with one attached hydrogen (secondary N) is 1. The number of carboxylic acid groups (broad SMARTS) is 1. The first-order valence-corrected chi connectivity index (χ1v) is 12.0. The Hall–Kier alpha value is -2.90. The van der Waals surface area contributed by atoms with Crippen LogP contribution in [0.4, 0.5) is 0 Å². The van der Waals surface area contributed by atoms with Crippen LogP contribution in [0.3, 0.4) is 0 Å². The average Bonchev–Trinajstić information content (AvgIpc) is 2.79. The van der Waals surface area contributed by atoms with Gasteiger partial charge in [0.05, 0.1) is 19.6 Å². The number of fused-ring (bicyclic) bond motifs is 3. The van der Waals surface area contributed by atoms with E-state index in [0.717, 1.165) is 42.9 Å². The maximum Gasteiger partial charge on any atom is 0.305 e. The van der Waals surface area contributed by atoms with Crippen molar-refractivity contribution in [3.8, 4) is 5.75 Å². The fourth-order valence-corrected chi connectivity index (χ4v) is 3.92. The van der Waals surface area contributed by atoms with E-state index in [2.05, 4.69) is 48.3 Å². The largest absolute Gasteiger partial charge is 0.491 e. The van der Waals surface area contributed by atoms with Gasteiger partial charge in [-0.3, -0.25) is 14.5 Å². The Bertz CT molecular complexity index is 960. The van der Waals surface area contributed by atoms with Gasteiger partial charge in [-0.15, -0.1) is 0 Å². The molecule has 184 valence electrons. The zero-order valence-corrected chi connectivity index (χ0v) is 20.2. The van der Waals surface area contributed by atoms with Gasteiger partial charge in [-0.25, -0.2) is 0 Å². The number of benzene rings is 2. The summed E-state index contributed by atoms with van der Waals surface area (Å²) >= 11 is 0. The molecule has 7 nitrogen and oxygen atoms in total. The van der Waals surface area contributed by atoms with E-state index in [0.29, 0.717) is 37.7 Å². The van der Waals surface area contributed by atoms with Gasteiger partial charge in [-0.05, 0) is 53.8 Å². The third kappa shape index (κ3) is 8.47. The average molecular weight is 469 g/mol. The summed E-state index contributed by atoms with van der Waals surface area (Å²) in [6, 6.07) is 13.9. The van der Waals surface area contributed by atoms with Crippen LogP contribution in [0.2, 0.25) is 0 Å². The van der Waals surface area contributed by atoms with Crippen LogP contribution in [0.25, 0.3) is 0 Å². The Kier molecular flexibility index (Phi) is 9.91. The van der Waals surface area contributed by atoms with E-state index in [1.165, 1.54) is 5.56 Å². The molecule has 7 heteroatoms. The zero-order valence-electron chi connectivity index (χ0n) is 20.2. The van der Waals surface area contributed by atoms with E-state index >= 15 is 0 Å². The number of ether oxygens (including phenoxy) is 2. The van der Waals surface area contributed by atoms with Gasteiger partial charge in [-0.2, -0.15) is 0 Å². The highest BCUT2D eigenvalue weighted by Crippen LogP contribution is 2.24. The van der Waals surface area contributed by atoms with Crippen LogP contribution >= 0.6 is 0 Å². The van der Waals surface area contributed by atoms with Gasteiger partial charge in [0.2, 0.25) is 0 Å². The van der Waals surface area contributed by atoms with Gasteiger partial charge < -0.3 is 19.9 Å². The fourth-order valence-electron chi connectivity index (χ4n) is 3.92. The molecule has 1 aliphatic rings. The van der Waals surface area contributed by atoms with Crippen molar-refractivity contribution in [1.29, 1.82) is 0 Å². The predicted molar refractivity (Wildman–Crippen MR) is 131 cm³/mol. The lowest BCUT2D eigenvalue weighted by atomic mass is 9.99. The number of carbonyl (C=O) groups excluding carboxylic acids is 1. The first-order valence-electron chi connectivity index (χ1n) is 12.0. The van der Waals surface area contributed by atoms with Crippen LogP contribution in [0.15, 0.2) is 42.5 Å². The van der Waals surface area contributed by atoms with Gasteiger partial charge in [0, 0.05) is 31.6 Å². The number of hydrogen-bond acceptors (Lipinski definition) is 5. The lowest BCUT2D eigenvalue weighted by molar-refractivity contribution is -0.136. The van der Waals surface area contributed by atoms with Crippen molar-refractivity contribution in [3.05, 3.63) is 64.7 Å². The summed E-state index contributed by atoms with van der Waals surface area (Å²) in [5.41, 5.74) is 3.81. The summed E-state index contributed by atoms with van der Waals surface area (Å²) in [5, 5.41) is 11.5. The Morgan fingerprint density at radius 3 is 2.71 bits per heavy atom. The maximum absolute atomic E-state index is 12.5. The topological polar surface area (TPSA) is 88.1 Å². The van der Waals surface area contributed by atoms with Crippen molar-refractivity contribution < 1.29 is 24.2 Å². The van der Waals surface area contributed by atoms with Crippen LogP contribution in [-0.4, -0.2) is 61.3 Å². The quantitative estimate of drug-likeness (QED) is 0.644. The molecular formula is C27H36N2O5. The molecule has 0 spiro atoms. The number of nitrogens with zero attached hydrogens (tertiary/aromatic N) is 1. The van der Waals surface area contributed by atoms with Gasteiger partial charge in [-0.1, -0.05) is 38.1 Å². The Morgan fingerprint density at radius 1 is 1.09 bits per heavy atom. The third-order valence-corrected chi connectivity index (χ3v) is 5.80. The van der Waals surface area contributed by atoms with E-state index < -0.39 is 5.97 Å². The molecule has 34 heavy (non-hydrogen) atoms. The second-order valence-corrected chi connectivity index (χ2v) is 9.14. The third-order valence-electron chi connectivity index (χ3n) is 5.80. The standard InChI is InChI=1S/C27H36N2O5/c1-20(2)9-11-29-12-13-33-14-15-34-25-7-6-23(27(32)28-10-8-26(30)31)18-24(25)17-21-4-3-5-22(16-21)19-29/h3-7,16,18,20H,8-15,17,19H2,1-2H3,(H,28,32)(H,30,31). The number of rotatable bonds is 7. The molecule has 0 saturated carbocycles. The molecule has 0 aromatic heterocycles. The Labute approximate surface area is 202 Å². The molecule has 3 rings (SSSR count). The number of carbonyl (C=O) groups is 2. The normalized spacial score (nSPS) is 15.1. The summed E-state index contributed by atoms with van der Waals surface area (Å²) in [4.78, 5) is 25.7. The molecule has 1 heterocycles. The molecule has 2 N–H and O–H groups in total. The molecule has 0 aliphatic carbocycles. The van der Waals surface area contributed by atoms with E-state index in [4.69, 9.17) is 14.6 Å². The molecule has 0 saturated heterocycles. The van der Waals surface area contributed by atoms with Crippen molar-refractivity contribution in [2.75, 3.05) is 39.5 Å². The molecule has 0 fully saturated rings. The smallest absolute Gasteiger partial charge is 0.305 e. The van der Waals surface area contributed by atoms with Crippen molar-refractivity contribution in [3.63, 3.8) is 0 Å². The van der Waals surface area contributed by atoms with Crippen molar-refractivity contribution >= 4 is 11.9 Å². The zero-order chi connectivity index (χ0) is 24.3. The second kappa shape index (κ2) is 13.1. The van der Waals surface area contributed by atoms with Crippen molar-refractivity contribution in [1.82, 2.24) is 10.2 Å². The highest BCUT2D eigenvalue weighted by atomic mass is 16.5. The molecule has 1 amide bonds. The Balaban J connectivity index is 1.80. The van der Waals surface area contributed by atoms with Crippen LogP contribution in [0.1, 0.15) is 53.7 Å². The van der Waals surface area contributed by atoms with Gasteiger partial charge >= 0.3 is 5.97 Å². The van der Waals surface area contributed by atoms with Crippen LogP contribution in [0.5, 0.6) is 5.75 Å².